The number of hydrogen-bond acceptors (Lipinski definition) is 5. The number of aliphatic imine (C=N–C) groups is 1. The standard InChI is InChI=1S/C20H32N6O2.HI/c1-3-5-12-27-14-15-28-13-11-22-20(21-4-2)23-16-19-25-24-17-26(19)18-9-7-6-8-10-18;/h6-10,17H,3-5,11-16H2,1-2H3,(H2,21,22,23);1H. The molecule has 0 radical (unpaired) electrons. The number of rotatable bonds is 13. The van der Waals surface area contributed by atoms with Gasteiger partial charge in [0.1, 0.15) is 12.9 Å². The molecule has 9 heteroatoms. The summed E-state index contributed by atoms with van der Waals surface area (Å²) < 4.78 is 13.0. The SMILES string of the molecule is CCCCOCCOCCNC(=NCc1nncn1-c1ccccc1)NCC.I. The number of ether oxygens (including phenoxy) is 2. The van der Waals surface area contributed by atoms with Gasteiger partial charge in [0, 0.05) is 25.4 Å². The van der Waals surface area contributed by atoms with E-state index >= 15 is 0 Å². The van der Waals surface area contributed by atoms with E-state index in [1.807, 2.05) is 41.8 Å². The summed E-state index contributed by atoms with van der Waals surface area (Å²) in [6.45, 7) is 8.73. The maximum Gasteiger partial charge on any atom is 0.191 e. The monoisotopic (exact) mass is 516 g/mol. The summed E-state index contributed by atoms with van der Waals surface area (Å²) in [4.78, 5) is 4.60. The second-order valence-electron chi connectivity index (χ2n) is 6.15. The lowest BCUT2D eigenvalue weighted by atomic mass is 10.3. The molecule has 0 aliphatic carbocycles. The topological polar surface area (TPSA) is 85.6 Å². The van der Waals surface area contributed by atoms with Crippen molar-refractivity contribution >= 4 is 29.9 Å². The third kappa shape index (κ3) is 10.0. The van der Waals surface area contributed by atoms with Gasteiger partial charge in [-0.25, -0.2) is 4.99 Å². The Labute approximate surface area is 190 Å². The molecule has 0 atom stereocenters. The summed E-state index contributed by atoms with van der Waals surface area (Å²) >= 11 is 0. The van der Waals surface area contributed by atoms with Crippen LogP contribution in [0.25, 0.3) is 5.69 Å². The van der Waals surface area contributed by atoms with E-state index in [2.05, 4.69) is 32.7 Å². The molecule has 0 aliphatic rings. The number of nitrogens with one attached hydrogen (secondary N) is 2. The lowest BCUT2D eigenvalue weighted by molar-refractivity contribution is 0.0487. The third-order valence-electron chi connectivity index (χ3n) is 3.93. The van der Waals surface area contributed by atoms with Gasteiger partial charge in [0.2, 0.25) is 0 Å². The minimum absolute atomic E-state index is 0. The normalized spacial score (nSPS) is 11.2. The van der Waals surface area contributed by atoms with Gasteiger partial charge in [0.05, 0.1) is 19.8 Å². The second kappa shape index (κ2) is 16.1. The molecule has 29 heavy (non-hydrogen) atoms. The highest BCUT2D eigenvalue weighted by Gasteiger charge is 2.06. The van der Waals surface area contributed by atoms with Crippen molar-refractivity contribution in [2.24, 2.45) is 4.99 Å². The fraction of sp³-hybridized carbons (Fsp3) is 0.550. The van der Waals surface area contributed by atoms with Crippen molar-refractivity contribution < 1.29 is 9.47 Å². The molecule has 0 saturated heterocycles. The van der Waals surface area contributed by atoms with Crippen molar-refractivity contribution in [3.8, 4) is 5.69 Å². The summed E-state index contributed by atoms with van der Waals surface area (Å²) in [5, 5.41) is 14.7. The molecule has 0 spiro atoms. The first-order chi connectivity index (χ1) is 13.8. The Balaban J connectivity index is 0.00000420. The predicted molar refractivity (Wildman–Crippen MR) is 126 cm³/mol. The Morgan fingerprint density at radius 2 is 1.79 bits per heavy atom. The van der Waals surface area contributed by atoms with E-state index in [-0.39, 0.29) is 24.0 Å². The van der Waals surface area contributed by atoms with Crippen LogP contribution < -0.4 is 10.6 Å². The van der Waals surface area contributed by atoms with Crippen molar-refractivity contribution in [2.45, 2.75) is 33.2 Å². The van der Waals surface area contributed by atoms with Crippen LogP contribution in [0.1, 0.15) is 32.5 Å². The molecule has 1 heterocycles. The number of aromatic nitrogens is 3. The van der Waals surface area contributed by atoms with Crippen LogP contribution >= 0.6 is 24.0 Å². The van der Waals surface area contributed by atoms with Crippen molar-refractivity contribution in [1.82, 2.24) is 25.4 Å². The Kier molecular flexibility index (Phi) is 14.1. The zero-order valence-electron chi connectivity index (χ0n) is 17.3. The molecular weight excluding hydrogens is 483 g/mol. The minimum atomic E-state index is 0. The van der Waals surface area contributed by atoms with Gasteiger partial charge in [-0.2, -0.15) is 0 Å². The van der Waals surface area contributed by atoms with Gasteiger partial charge in [0.15, 0.2) is 11.8 Å². The van der Waals surface area contributed by atoms with E-state index in [1.165, 1.54) is 0 Å². The number of benzene rings is 1. The van der Waals surface area contributed by atoms with Crippen LogP contribution in [0.4, 0.5) is 0 Å². The molecule has 0 aliphatic heterocycles. The van der Waals surface area contributed by atoms with Gasteiger partial charge in [-0.05, 0) is 25.5 Å². The fourth-order valence-electron chi connectivity index (χ4n) is 2.47. The summed E-state index contributed by atoms with van der Waals surface area (Å²) in [5.74, 6) is 1.51. The molecule has 2 rings (SSSR count). The quantitative estimate of drug-likeness (QED) is 0.184. The van der Waals surface area contributed by atoms with Gasteiger partial charge >= 0.3 is 0 Å². The molecule has 0 bridgehead atoms. The molecule has 0 fully saturated rings. The minimum Gasteiger partial charge on any atom is -0.379 e. The largest absolute Gasteiger partial charge is 0.379 e. The molecule has 0 unspecified atom stereocenters. The van der Waals surface area contributed by atoms with Crippen molar-refractivity contribution in [1.29, 1.82) is 0 Å². The van der Waals surface area contributed by atoms with Crippen LogP contribution in [0.3, 0.4) is 0 Å². The number of hydrogen-bond donors (Lipinski definition) is 2. The molecule has 0 saturated carbocycles. The molecule has 1 aromatic heterocycles. The van der Waals surface area contributed by atoms with Crippen LogP contribution in [-0.4, -0.2) is 60.2 Å². The highest BCUT2D eigenvalue weighted by Crippen LogP contribution is 2.09. The first kappa shape index (κ1) is 25.3. The van der Waals surface area contributed by atoms with Crippen molar-refractivity contribution in [3.05, 3.63) is 42.5 Å². The van der Waals surface area contributed by atoms with Gasteiger partial charge in [0.25, 0.3) is 0 Å². The van der Waals surface area contributed by atoms with Gasteiger partial charge < -0.3 is 20.1 Å². The van der Waals surface area contributed by atoms with Gasteiger partial charge in [-0.1, -0.05) is 31.5 Å². The average molecular weight is 516 g/mol. The summed E-state index contributed by atoms with van der Waals surface area (Å²) in [7, 11) is 0. The Hall–Kier alpha value is -1.72. The van der Waals surface area contributed by atoms with Crippen molar-refractivity contribution in [3.63, 3.8) is 0 Å². The zero-order chi connectivity index (χ0) is 19.9. The molecule has 2 N–H and O–H groups in total. The van der Waals surface area contributed by atoms with Crippen LogP contribution in [0.15, 0.2) is 41.7 Å². The maximum absolute atomic E-state index is 5.57. The first-order valence-electron chi connectivity index (χ1n) is 9.97. The lowest BCUT2D eigenvalue weighted by Crippen LogP contribution is -2.39. The van der Waals surface area contributed by atoms with E-state index in [9.17, 15) is 0 Å². The highest BCUT2D eigenvalue weighted by molar-refractivity contribution is 14.0. The molecule has 0 amide bonds. The predicted octanol–water partition coefficient (Wildman–Crippen LogP) is 2.77. The lowest BCUT2D eigenvalue weighted by Gasteiger charge is -2.12. The van der Waals surface area contributed by atoms with E-state index in [4.69, 9.17) is 9.47 Å². The second-order valence-corrected chi connectivity index (χ2v) is 6.15. The average Bonchev–Trinajstić information content (AvgIpc) is 3.20. The highest BCUT2D eigenvalue weighted by atomic mass is 127. The Morgan fingerprint density at radius 3 is 2.52 bits per heavy atom. The Morgan fingerprint density at radius 1 is 1.03 bits per heavy atom. The maximum atomic E-state index is 5.57. The molecule has 1 aromatic carbocycles. The number of unbranched alkanes of at least 4 members (excludes halogenated alkanes) is 1. The first-order valence-corrected chi connectivity index (χ1v) is 9.97. The molecular formula is C20H33IN6O2. The molecule has 162 valence electrons. The number of halogens is 1. The smallest absolute Gasteiger partial charge is 0.191 e. The summed E-state index contributed by atoms with van der Waals surface area (Å²) in [6, 6.07) is 10.00. The van der Waals surface area contributed by atoms with E-state index in [0.717, 1.165) is 43.5 Å². The number of nitrogens with zero attached hydrogens (tertiary/aromatic N) is 4. The summed E-state index contributed by atoms with van der Waals surface area (Å²) in [5.41, 5.74) is 1.02. The van der Waals surface area contributed by atoms with Crippen LogP contribution in [0.5, 0.6) is 0 Å². The van der Waals surface area contributed by atoms with Crippen LogP contribution in [0.2, 0.25) is 0 Å². The third-order valence-corrected chi connectivity index (χ3v) is 3.93. The van der Waals surface area contributed by atoms with Gasteiger partial charge in [-0.3, -0.25) is 4.57 Å². The van der Waals surface area contributed by atoms with Crippen LogP contribution in [-0.2, 0) is 16.0 Å². The molecule has 2 aromatic rings. The van der Waals surface area contributed by atoms with Crippen molar-refractivity contribution in [2.75, 3.05) is 39.5 Å². The molecule has 8 nitrogen and oxygen atoms in total. The Bertz CT molecular complexity index is 681. The fourth-order valence-corrected chi connectivity index (χ4v) is 2.47. The van der Waals surface area contributed by atoms with E-state index < -0.39 is 0 Å². The number of para-hydroxylation sites is 1. The van der Waals surface area contributed by atoms with E-state index in [1.54, 1.807) is 6.33 Å². The summed E-state index contributed by atoms with van der Waals surface area (Å²) in [6.07, 6.45) is 3.96. The zero-order valence-corrected chi connectivity index (χ0v) is 19.7. The van der Waals surface area contributed by atoms with Gasteiger partial charge in [-0.15, -0.1) is 34.2 Å². The number of guanidine groups is 1. The van der Waals surface area contributed by atoms with Crippen LogP contribution in [0, 0.1) is 0 Å². The van der Waals surface area contributed by atoms with E-state index in [0.29, 0.717) is 32.9 Å².